The molecule has 1 aliphatic heterocycles. The molecule has 2 N–H and O–H groups in total. The topological polar surface area (TPSA) is 109 Å². The van der Waals surface area contributed by atoms with Crippen molar-refractivity contribution in [3.63, 3.8) is 0 Å². The first kappa shape index (κ1) is 15.5. The number of carboxylic acids is 1. The number of aromatic nitrogens is 3. The number of aromatic carboxylic acids is 1. The maximum absolute atomic E-state index is 12.5. The van der Waals surface area contributed by atoms with Gasteiger partial charge in [0.25, 0.3) is 0 Å². The van der Waals surface area contributed by atoms with Crippen LogP contribution in [0, 0.1) is 0 Å². The highest BCUT2D eigenvalue weighted by Gasteiger charge is 2.24. The number of anilines is 1. The second-order valence-electron chi connectivity index (χ2n) is 5.85. The number of hydrogen-bond acceptors (Lipinski definition) is 6. The van der Waals surface area contributed by atoms with Gasteiger partial charge in [-0.25, -0.2) is 9.78 Å². The zero-order valence-corrected chi connectivity index (χ0v) is 13.5. The van der Waals surface area contributed by atoms with Gasteiger partial charge in [0.05, 0.1) is 29.8 Å². The van der Waals surface area contributed by atoms with Crippen LogP contribution in [0.1, 0.15) is 10.5 Å². The van der Waals surface area contributed by atoms with E-state index in [1.807, 2.05) is 18.2 Å². The summed E-state index contributed by atoms with van der Waals surface area (Å²) in [5.74, 6) is -2.32. The lowest BCUT2D eigenvalue weighted by atomic mass is 10.2. The Balaban J connectivity index is 2.13. The summed E-state index contributed by atoms with van der Waals surface area (Å²) in [7, 11) is 1.67. The first-order valence-corrected chi connectivity index (χ1v) is 7.80. The zero-order valence-electron chi connectivity index (χ0n) is 13.5. The zero-order chi connectivity index (χ0) is 17.7. The average Bonchev–Trinajstić information content (AvgIpc) is 2.91. The molecule has 0 saturated carbocycles. The Hall–Kier alpha value is -3.07. The van der Waals surface area contributed by atoms with Crippen molar-refractivity contribution in [2.45, 2.75) is 0 Å². The lowest BCUT2D eigenvalue weighted by Crippen LogP contribution is -2.36. The number of carboxylic acid groups (broad SMARTS) is 1. The second-order valence-corrected chi connectivity index (χ2v) is 5.85. The standard InChI is InChI=1S/C16H16N4O5/c1-18-9-3-2-4-10(19-5-7-25-8-6-19)11(9)14-17-12(16(23)24)13(21)15(22)20(14)18/h2-4,21H,5-8H2,1H3,(H,23,24). The molecule has 0 bridgehead atoms. The SMILES string of the molecule is Cn1c2cccc(N3CCOCC3)c2c2nc(C(=O)O)c(O)c(=O)n21. The number of rotatable bonds is 2. The number of aryl methyl sites for hydroxylation is 1. The van der Waals surface area contributed by atoms with E-state index < -0.39 is 23.0 Å². The Kier molecular flexibility index (Phi) is 3.39. The fourth-order valence-corrected chi connectivity index (χ4v) is 3.30. The Morgan fingerprint density at radius 1 is 1.28 bits per heavy atom. The number of fused-ring (bicyclic) bond motifs is 3. The van der Waals surface area contributed by atoms with Crippen molar-refractivity contribution < 1.29 is 19.7 Å². The Labute approximate surface area is 141 Å². The first-order valence-electron chi connectivity index (χ1n) is 7.80. The van der Waals surface area contributed by atoms with Crippen LogP contribution in [0.5, 0.6) is 5.75 Å². The van der Waals surface area contributed by atoms with Crippen molar-refractivity contribution in [1.82, 2.24) is 14.2 Å². The minimum absolute atomic E-state index is 0.208. The van der Waals surface area contributed by atoms with Gasteiger partial charge in [0.2, 0.25) is 5.75 Å². The Bertz CT molecular complexity index is 1060. The third-order valence-corrected chi connectivity index (χ3v) is 4.48. The van der Waals surface area contributed by atoms with Gasteiger partial charge < -0.3 is 19.8 Å². The molecule has 0 aliphatic carbocycles. The van der Waals surface area contributed by atoms with E-state index in [0.29, 0.717) is 31.7 Å². The van der Waals surface area contributed by atoms with Gasteiger partial charge in [-0.3, -0.25) is 9.48 Å². The van der Waals surface area contributed by atoms with E-state index in [-0.39, 0.29) is 5.65 Å². The van der Waals surface area contributed by atoms with Crippen LogP contribution in [-0.2, 0) is 11.8 Å². The third-order valence-electron chi connectivity index (χ3n) is 4.48. The summed E-state index contributed by atoms with van der Waals surface area (Å²) in [6, 6.07) is 5.60. The molecule has 0 atom stereocenters. The smallest absolute Gasteiger partial charge is 0.358 e. The van der Waals surface area contributed by atoms with Gasteiger partial charge in [-0.1, -0.05) is 6.07 Å². The maximum atomic E-state index is 12.5. The number of aromatic hydroxyl groups is 1. The summed E-state index contributed by atoms with van der Waals surface area (Å²) in [4.78, 5) is 30.0. The summed E-state index contributed by atoms with van der Waals surface area (Å²) in [5.41, 5.74) is 0.325. The molecule has 0 amide bonds. The van der Waals surface area contributed by atoms with Gasteiger partial charge in [-0.05, 0) is 12.1 Å². The van der Waals surface area contributed by atoms with Gasteiger partial charge in [-0.15, -0.1) is 0 Å². The molecule has 130 valence electrons. The molecule has 9 heteroatoms. The molecule has 1 aliphatic rings. The number of carbonyl (C=O) groups is 1. The fraction of sp³-hybridized carbons (Fsp3) is 0.312. The third kappa shape index (κ3) is 2.16. The molecule has 25 heavy (non-hydrogen) atoms. The lowest BCUT2D eigenvalue weighted by Gasteiger charge is -2.29. The highest BCUT2D eigenvalue weighted by Crippen LogP contribution is 2.31. The van der Waals surface area contributed by atoms with Crippen LogP contribution in [0.4, 0.5) is 5.69 Å². The van der Waals surface area contributed by atoms with E-state index in [0.717, 1.165) is 11.2 Å². The molecular formula is C16H16N4O5. The number of ether oxygens (including phenoxy) is 1. The highest BCUT2D eigenvalue weighted by molar-refractivity contribution is 6.03. The predicted octanol–water partition coefficient (Wildman–Crippen LogP) is 0.427. The van der Waals surface area contributed by atoms with Crippen molar-refractivity contribution in [2.75, 3.05) is 31.2 Å². The molecule has 3 heterocycles. The van der Waals surface area contributed by atoms with Crippen molar-refractivity contribution in [3.05, 3.63) is 34.2 Å². The lowest BCUT2D eigenvalue weighted by molar-refractivity contribution is 0.0686. The second kappa shape index (κ2) is 5.49. The largest absolute Gasteiger partial charge is 0.501 e. The first-order chi connectivity index (χ1) is 12.0. The van der Waals surface area contributed by atoms with Crippen molar-refractivity contribution in [3.8, 4) is 5.75 Å². The van der Waals surface area contributed by atoms with Gasteiger partial charge in [-0.2, -0.15) is 4.52 Å². The van der Waals surface area contributed by atoms with E-state index in [9.17, 15) is 19.8 Å². The van der Waals surface area contributed by atoms with Gasteiger partial charge in [0.1, 0.15) is 0 Å². The van der Waals surface area contributed by atoms with E-state index in [1.165, 1.54) is 4.52 Å². The summed E-state index contributed by atoms with van der Waals surface area (Å²) in [5, 5.41) is 19.8. The monoisotopic (exact) mass is 344 g/mol. The molecule has 0 spiro atoms. The normalized spacial score (nSPS) is 15.2. The van der Waals surface area contributed by atoms with E-state index in [2.05, 4.69) is 9.88 Å². The molecule has 1 fully saturated rings. The minimum atomic E-state index is -1.45. The minimum Gasteiger partial charge on any atom is -0.501 e. The van der Waals surface area contributed by atoms with Crippen LogP contribution in [0.15, 0.2) is 23.0 Å². The predicted molar refractivity (Wildman–Crippen MR) is 89.6 cm³/mol. The molecule has 0 radical (unpaired) electrons. The molecule has 0 unspecified atom stereocenters. The van der Waals surface area contributed by atoms with Crippen LogP contribution >= 0.6 is 0 Å². The maximum Gasteiger partial charge on any atom is 0.358 e. The van der Waals surface area contributed by atoms with Crippen LogP contribution < -0.4 is 10.5 Å². The van der Waals surface area contributed by atoms with E-state index in [4.69, 9.17) is 4.74 Å². The Morgan fingerprint density at radius 3 is 2.68 bits per heavy atom. The average molecular weight is 344 g/mol. The number of morpholine rings is 1. The van der Waals surface area contributed by atoms with E-state index in [1.54, 1.807) is 11.7 Å². The molecule has 2 aromatic heterocycles. The molecule has 1 aromatic carbocycles. The van der Waals surface area contributed by atoms with Gasteiger partial charge in [0, 0.05) is 20.1 Å². The van der Waals surface area contributed by atoms with Crippen LogP contribution in [0.3, 0.4) is 0 Å². The van der Waals surface area contributed by atoms with Gasteiger partial charge >= 0.3 is 11.5 Å². The molecule has 1 saturated heterocycles. The molecule has 9 nitrogen and oxygen atoms in total. The Morgan fingerprint density at radius 2 is 2.00 bits per heavy atom. The summed E-state index contributed by atoms with van der Waals surface area (Å²) >= 11 is 0. The number of nitrogens with zero attached hydrogens (tertiary/aromatic N) is 4. The van der Waals surface area contributed by atoms with Crippen LogP contribution in [0.25, 0.3) is 16.6 Å². The summed E-state index contributed by atoms with van der Waals surface area (Å²) < 4.78 is 8.14. The van der Waals surface area contributed by atoms with Crippen molar-refractivity contribution in [1.29, 1.82) is 0 Å². The fourth-order valence-electron chi connectivity index (χ4n) is 3.30. The van der Waals surface area contributed by atoms with Crippen molar-refractivity contribution in [2.24, 2.45) is 7.05 Å². The van der Waals surface area contributed by atoms with Crippen LogP contribution in [0.2, 0.25) is 0 Å². The summed E-state index contributed by atoms with van der Waals surface area (Å²) in [6.07, 6.45) is 0. The van der Waals surface area contributed by atoms with Crippen molar-refractivity contribution >= 4 is 28.2 Å². The number of hydrogen-bond donors (Lipinski definition) is 2. The summed E-state index contributed by atoms with van der Waals surface area (Å²) in [6.45, 7) is 2.56. The molecule has 4 rings (SSSR count). The highest BCUT2D eigenvalue weighted by atomic mass is 16.5. The van der Waals surface area contributed by atoms with Crippen LogP contribution in [-0.4, -0.2) is 56.7 Å². The van der Waals surface area contributed by atoms with E-state index >= 15 is 0 Å². The number of benzene rings is 1. The molecule has 3 aromatic rings. The van der Waals surface area contributed by atoms with Gasteiger partial charge in [0.15, 0.2) is 11.3 Å². The quantitative estimate of drug-likeness (QED) is 0.693. The molecular weight excluding hydrogens is 328 g/mol.